The molecule has 114 valence electrons. The molecule has 0 bridgehead atoms. The number of hydrogen-bond acceptors (Lipinski definition) is 5. The van der Waals surface area contributed by atoms with E-state index in [1.807, 2.05) is 0 Å². The monoisotopic (exact) mass is 293 g/mol. The zero-order valence-corrected chi connectivity index (χ0v) is 12.2. The number of carbonyl (C=O) groups is 1. The summed E-state index contributed by atoms with van der Waals surface area (Å²) in [5, 5.41) is 9.83. The molecule has 6 heteroatoms. The highest BCUT2D eigenvalue weighted by molar-refractivity contribution is 5.92. The van der Waals surface area contributed by atoms with Gasteiger partial charge in [0.15, 0.2) is 11.5 Å². The molecule has 21 heavy (non-hydrogen) atoms. The number of ether oxygens (including phenoxy) is 3. The predicted molar refractivity (Wildman–Crippen MR) is 77.6 cm³/mol. The molecule has 0 aliphatic carbocycles. The first-order chi connectivity index (χ1) is 10.2. The fraction of sp³-hybridized carbons (Fsp3) is 0.400. The summed E-state index contributed by atoms with van der Waals surface area (Å²) in [5.74, 6) is 0.474. The zero-order valence-electron chi connectivity index (χ0n) is 12.2. The summed E-state index contributed by atoms with van der Waals surface area (Å²) in [7, 11) is 2.92. The lowest BCUT2D eigenvalue weighted by molar-refractivity contribution is -0.129. The van der Waals surface area contributed by atoms with Gasteiger partial charge in [-0.3, -0.25) is 4.79 Å². The normalized spacial score (nSPS) is 15.2. The molecule has 1 N–H and O–H groups in total. The lowest BCUT2D eigenvalue weighted by atomic mass is 10.1. The Morgan fingerprint density at radius 3 is 2.33 bits per heavy atom. The van der Waals surface area contributed by atoms with Crippen molar-refractivity contribution >= 4 is 12.0 Å². The van der Waals surface area contributed by atoms with E-state index in [1.165, 1.54) is 20.3 Å². The van der Waals surface area contributed by atoms with E-state index in [0.717, 1.165) is 0 Å². The minimum atomic E-state index is -0.0655. The van der Waals surface area contributed by atoms with Crippen molar-refractivity contribution in [2.24, 2.45) is 0 Å². The maximum atomic E-state index is 12.0. The van der Waals surface area contributed by atoms with Gasteiger partial charge in [0.25, 0.3) is 0 Å². The summed E-state index contributed by atoms with van der Waals surface area (Å²) in [5.41, 5.74) is 0.711. The van der Waals surface area contributed by atoms with Crippen LogP contribution in [0, 0.1) is 0 Å². The van der Waals surface area contributed by atoms with Crippen molar-refractivity contribution in [3.8, 4) is 17.2 Å². The second-order valence-electron chi connectivity index (χ2n) is 4.55. The average Bonchev–Trinajstić information content (AvgIpc) is 2.54. The average molecular weight is 293 g/mol. The van der Waals surface area contributed by atoms with Crippen LogP contribution in [0.25, 0.3) is 6.08 Å². The van der Waals surface area contributed by atoms with Crippen LogP contribution in [-0.2, 0) is 9.53 Å². The van der Waals surface area contributed by atoms with Gasteiger partial charge >= 0.3 is 0 Å². The molecular weight excluding hydrogens is 274 g/mol. The van der Waals surface area contributed by atoms with Gasteiger partial charge < -0.3 is 24.2 Å². The first-order valence-electron chi connectivity index (χ1n) is 6.65. The SMILES string of the molecule is COc1cc(C=CC(=O)N2CCOCC2)cc(OC)c1O. The third-order valence-corrected chi connectivity index (χ3v) is 3.24. The Morgan fingerprint density at radius 1 is 1.24 bits per heavy atom. The highest BCUT2D eigenvalue weighted by Gasteiger charge is 2.14. The van der Waals surface area contributed by atoms with E-state index < -0.39 is 0 Å². The van der Waals surface area contributed by atoms with Crippen molar-refractivity contribution in [3.05, 3.63) is 23.8 Å². The minimum absolute atomic E-state index is 0.0587. The molecule has 0 saturated carbocycles. The maximum Gasteiger partial charge on any atom is 0.246 e. The molecule has 0 atom stereocenters. The largest absolute Gasteiger partial charge is 0.502 e. The molecule has 1 amide bonds. The van der Waals surface area contributed by atoms with Crippen LogP contribution in [0.5, 0.6) is 17.2 Å². The highest BCUT2D eigenvalue weighted by atomic mass is 16.5. The number of hydrogen-bond donors (Lipinski definition) is 1. The minimum Gasteiger partial charge on any atom is -0.502 e. The molecule has 0 radical (unpaired) electrons. The molecule has 0 unspecified atom stereocenters. The standard InChI is InChI=1S/C15H19NO5/c1-19-12-9-11(10-13(20-2)15(12)18)3-4-14(17)16-5-7-21-8-6-16/h3-4,9-10,18H,5-8H2,1-2H3. The Hall–Kier alpha value is -2.21. The van der Waals surface area contributed by atoms with Gasteiger partial charge in [-0.25, -0.2) is 0 Å². The van der Waals surface area contributed by atoms with E-state index in [9.17, 15) is 9.90 Å². The molecule has 1 aromatic rings. The van der Waals surface area contributed by atoms with Gasteiger partial charge in [0.05, 0.1) is 27.4 Å². The molecule has 0 spiro atoms. The molecule has 1 aliphatic heterocycles. The van der Waals surface area contributed by atoms with E-state index in [1.54, 1.807) is 23.1 Å². The van der Waals surface area contributed by atoms with Crippen LogP contribution in [0.1, 0.15) is 5.56 Å². The first kappa shape index (κ1) is 15.2. The maximum absolute atomic E-state index is 12.0. The summed E-state index contributed by atoms with van der Waals surface area (Å²) in [4.78, 5) is 13.8. The Kier molecular flexibility index (Phi) is 5.05. The third-order valence-electron chi connectivity index (χ3n) is 3.24. The Labute approximate surface area is 123 Å². The van der Waals surface area contributed by atoms with Crippen molar-refractivity contribution in [2.45, 2.75) is 0 Å². The molecule has 1 saturated heterocycles. The second-order valence-corrected chi connectivity index (χ2v) is 4.55. The smallest absolute Gasteiger partial charge is 0.246 e. The molecule has 6 nitrogen and oxygen atoms in total. The van der Waals surface area contributed by atoms with E-state index in [0.29, 0.717) is 43.4 Å². The topological polar surface area (TPSA) is 68.2 Å². The van der Waals surface area contributed by atoms with E-state index >= 15 is 0 Å². The van der Waals surface area contributed by atoms with E-state index in [4.69, 9.17) is 14.2 Å². The Morgan fingerprint density at radius 2 is 1.81 bits per heavy atom. The lowest BCUT2D eigenvalue weighted by Crippen LogP contribution is -2.39. The zero-order chi connectivity index (χ0) is 15.2. The molecule has 1 heterocycles. The first-order valence-corrected chi connectivity index (χ1v) is 6.65. The number of aromatic hydroxyl groups is 1. The molecule has 1 aliphatic rings. The Bertz CT molecular complexity index is 510. The van der Waals surface area contributed by atoms with Gasteiger partial charge in [-0.2, -0.15) is 0 Å². The number of morpholine rings is 1. The molecule has 2 rings (SSSR count). The van der Waals surface area contributed by atoms with Crippen LogP contribution < -0.4 is 9.47 Å². The van der Waals surface area contributed by atoms with Gasteiger partial charge in [-0.05, 0) is 23.8 Å². The molecular formula is C15H19NO5. The van der Waals surface area contributed by atoms with E-state index in [-0.39, 0.29) is 11.7 Å². The van der Waals surface area contributed by atoms with Crippen molar-refractivity contribution in [2.75, 3.05) is 40.5 Å². The molecule has 1 aromatic carbocycles. The van der Waals surface area contributed by atoms with Crippen LogP contribution in [0.15, 0.2) is 18.2 Å². The number of methoxy groups -OCH3 is 2. The number of benzene rings is 1. The van der Waals surface area contributed by atoms with Crippen LogP contribution in [0.4, 0.5) is 0 Å². The Balaban J connectivity index is 2.14. The van der Waals surface area contributed by atoms with Crippen molar-refractivity contribution in [3.63, 3.8) is 0 Å². The predicted octanol–water partition coefficient (Wildman–Crippen LogP) is 1.28. The van der Waals surface area contributed by atoms with Crippen LogP contribution in [0.2, 0.25) is 0 Å². The summed E-state index contributed by atoms with van der Waals surface area (Å²) < 4.78 is 15.4. The number of phenolic OH excluding ortho intramolecular Hbond substituents is 1. The fourth-order valence-corrected chi connectivity index (χ4v) is 2.07. The van der Waals surface area contributed by atoms with Crippen molar-refractivity contribution < 1.29 is 24.1 Å². The summed E-state index contributed by atoms with van der Waals surface area (Å²) >= 11 is 0. The number of nitrogens with zero attached hydrogens (tertiary/aromatic N) is 1. The van der Waals surface area contributed by atoms with Crippen LogP contribution >= 0.6 is 0 Å². The molecule has 0 aromatic heterocycles. The highest BCUT2D eigenvalue weighted by Crippen LogP contribution is 2.37. The lowest BCUT2D eigenvalue weighted by Gasteiger charge is -2.25. The third kappa shape index (κ3) is 3.66. The number of rotatable bonds is 4. The summed E-state index contributed by atoms with van der Waals surface area (Å²) in [6.07, 6.45) is 3.17. The van der Waals surface area contributed by atoms with Gasteiger partial charge in [0.2, 0.25) is 11.7 Å². The fourth-order valence-electron chi connectivity index (χ4n) is 2.07. The van der Waals surface area contributed by atoms with Crippen LogP contribution in [-0.4, -0.2) is 56.4 Å². The van der Waals surface area contributed by atoms with Gasteiger partial charge in [-0.15, -0.1) is 0 Å². The van der Waals surface area contributed by atoms with Gasteiger partial charge in [0.1, 0.15) is 0 Å². The number of carbonyl (C=O) groups excluding carboxylic acids is 1. The second kappa shape index (κ2) is 6.99. The van der Waals surface area contributed by atoms with E-state index in [2.05, 4.69) is 0 Å². The van der Waals surface area contributed by atoms with Gasteiger partial charge in [-0.1, -0.05) is 0 Å². The summed E-state index contributed by atoms with van der Waals surface area (Å²) in [6.45, 7) is 2.34. The number of amides is 1. The van der Waals surface area contributed by atoms with Crippen molar-refractivity contribution in [1.82, 2.24) is 4.90 Å². The number of phenols is 1. The van der Waals surface area contributed by atoms with Crippen LogP contribution in [0.3, 0.4) is 0 Å². The summed E-state index contributed by atoms with van der Waals surface area (Å²) in [6, 6.07) is 3.28. The van der Waals surface area contributed by atoms with Crippen molar-refractivity contribution in [1.29, 1.82) is 0 Å². The van der Waals surface area contributed by atoms with Gasteiger partial charge in [0, 0.05) is 19.2 Å². The molecule has 1 fully saturated rings. The quantitative estimate of drug-likeness (QED) is 0.847.